The fourth-order valence-corrected chi connectivity index (χ4v) is 5.00. The Kier molecular flexibility index (Phi) is 6.76. The molecule has 1 N–H and O–H groups in total. The van der Waals surface area contributed by atoms with Gasteiger partial charge in [0.15, 0.2) is 5.82 Å². The van der Waals surface area contributed by atoms with Crippen molar-refractivity contribution in [2.24, 2.45) is 0 Å². The Morgan fingerprint density at radius 1 is 0.921 bits per heavy atom. The summed E-state index contributed by atoms with van der Waals surface area (Å²) in [5, 5.41) is 4.19. The van der Waals surface area contributed by atoms with Crippen molar-refractivity contribution in [3.05, 3.63) is 66.0 Å². The zero-order valence-corrected chi connectivity index (χ0v) is 20.6. The van der Waals surface area contributed by atoms with Gasteiger partial charge in [0.2, 0.25) is 5.95 Å². The van der Waals surface area contributed by atoms with Gasteiger partial charge < -0.3 is 15.0 Å². The van der Waals surface area contributed by atoms with Crippen LogP contribution in [0.1, 0.15) is 23.6 Å². The number of hydrogen-bond acceptors (Lipinski definition) is 9. The topological polar surface area (TPSA) is 78.9 Å². The molecule has 1 atom stereocenters. The van der Waals surface area contributed by atoms with Crippen LogP contribution < -0.4 is 15.3 Å². The number of rotatable bonds is 6. The Labute approximate surface area is 218 Å². The zero-order chi connectivity index (χ0) is 26.1. The van der Waals surface area contributed by atoms with Crippen molar-refractivity contribution < 1.29 is 22.7 Å². The van der Waals surface area contributed by atoms with Gasteiger partial charge in [0.25, 0.3) is 0 Å². The Bertz CT molecular complexity index is 1230. The van der Waals surface area contributed by atoms with Gasteiger partial charge in [-0.3, -0.25) is 9.74 Å². The first kappa shape index (κ1) is 24.8. The fraction of sp³-hybridized carbons (Fsp3) is 0.423. The third-order valence-electron chi connectivity index (χ3n) is 7.18. The lowest BCUT2D eigenvalue weighted by atomic mass is 10.0. The fourth-order valence-electron chi connectivity index (χ4n) is 5.00. The molecule has 3 saturated heterocycles. The first-order chi connectivity index (χ1) is 18.5. The third kappa shape index (κ3) is 5.11. The summed E-state index contributed by atoms with van der Waals surface area (Å²) < 4.78 is 47.0. The van der Waals surface area contributed by atoms with Gasteiger partial charge in [-0.25, -0.2) is 15.0 Å². The minimum Gasteiger partial charge on any atom is -0.378 e. The molecule has 0 bridgehead atoms. The van der Waals surface area contributed by atoms with Crippen molar-refractivity contribution in [2.75, 3.05) is 61.3 Å². The number of halogens is 3. The lowest BCUT2D eigenvalue weighted by Gasteiger charge is -2.43. The predicted octanol–water partition coefficient (Wildman–Crippen LogP) is 4.04. The quantitative estimate of drug-likeness (QED) is 0.511. The molecule has 2 aromatic heterocycles. The van der Waals surface area contributed by atoms with Crippen molar-refractivity contribution in [3.63, 3.8) is 0 Å². The van der Waals surface area contributed by atoms with Gasteiger partial charge >= 0.3 is 6.18 Å². The molecule has 0 amide bonds. The van der Waals surface area contributed by atoms with Gasteiger partial charge in [0.05, 0.1) is 43.8 Å². The third-order valence-corrected chi connectivity index (χ3v) is 7.18. The summed E-state index contributed by atoms with van der Waals surface area (Å²) in [7, 11) is 0. The molecular weight excluding hydrogens is 499 g/mol. The predicted molar refractivity (Wildman–Crippen MR) is 135 cm³/mol. The molecule has 3 aliphatic rings. The molecule has 5 heterocycles. The van der Waals surface area contributed by atoms with Gasteiger partial charge in [-0.2, -0.15) is 18.2 Å². The maximum atomic E-state index is 13.9. The molecule has 200 valence electrons. The van der Waals surface area contributed by atoms with Crippen LogP contribution in [-0.2, 0) is 15.8 Å². The summed E-state index contributed by atoms with van der Waals surface area (Å²) >= 11 is 0. The van der Waals surface area contributed by atoms with Crippen LogP contribution in [0.15, 0.2) is 54.9 Å². The van der Waals surface area contributed by atoms with Gasteiger partial charge in [-0.05, 0) is 17.7 Å². The Hall–Kier alpha value is -3.48. The number of piperazine rings is 1. The average molecular weight is 528 g/mol. The summed E-state index contributed by atoms with van der Waals surface area (Å²) in [4.78, 5) is 23.0. The Morgan fingerprint density at radius 3 is 2.37 bits per heavy atom. The highest BCUT2D eigenvalue weighted by Crippen LogP contribution is 2.41. The Morgan fingerprint density at radius 2 is 1.71 bits per heavy atom. The molecule has 38 heavy (non-hydrogen) atoms. The number of hydroxylamine groups is 1. The van der Waals surface area contributed by atoms with E-state index in [1.54, 1.807) is 12.3 Å². The van der Waals surface area contributed by atoms with Gasteiger partial charge in [-0.1, -0.05) is 30.3 Å². The highest BCUT2D eigenvalue weighted by atomic mass is 19.4. The van der Waals surface area contributed by atoms with Crippen molar-refractivity contribution in [2.45, 2.75) is 24.7 Å². The standard InChI is InChI=1S/C26H28F3N7O2/c27-26(28,29)21-15-31-25(33-24(21)36-22(8-13-38-36)18-4-2-1-3-5-18)32-23-7-6-19(14-30-23)34-9-11-35(12-10-34)20-16-37-17-20/h1-7,14-15,20,22H,8-13,16-17H2,(H,30,31,32,33). The van der Waals surface area contributed by atoms with E-state index < -0.39 is 17.8 Å². The number of alkyl halides is 3. The van der Waals surface area contributed by atoms with Crippen molar-refractivity contribution in [3.8, 4) is 0 Å². The highest BCUT2D eigenvalue weighted by molar-refractivity contribution is 5.57. The molecule has 0 radical (unpaired) electrons. The SMILES string of the molecule is FC(F)(F)c1cnc(Nc2ccc(N3CCN(C4COC4)CC3)cn2)nc1N1OCCC1c1ccccc1. The van der Waals surface area contributed by atoms with Crippen LogP contribution in [0.2, 0.25) is 0 Å². The molecular formula is C26H28F3N7O2. The van der Waals surface area contributed by atoms with Gasteiger partial charge in [0.1, 0.15) is 11.4 Å². The second-order valence-electron chi connectivity index (χ2n) is 9.54. The molecule has 9 nitrogen and oxygen atoms in total. The molecule has 1 unspecified atom stereocenters. The van der Waals surface area contributed by atoms with E-state index in [0.717, 1.165) is 56.8 Å². The molecule has 12 heteroatoms. The number of hydrogen-bond donors (Lipinski definition) is 1. The maximum Gasteiger partial charge on any atom is 0.421 e. The van der Waals surface area contributed by atoms with E-state index in [1.165, 1.54) is 5.06 Å². The number of aromatic nitrogens is 3. The summed E-state index contributed by atoms with van der Waals surface area (Å²) in [5.74, 6) is 0.117. The number of ether oxygens (including phenoxy) is 1. The van der Waals surface area contributed by atoms with Gasteiger partial charge in [0, 0.05) is 38.8 Å². The van der Waals surface area contributed by atoms with Crippen LogP contribution in [0.3, 0.4) is 0 Å². The number of pyridine rings is 1. The summed E-state index contributed by atoms with van der Waals surface area (Å²) in [5.41, 5.74) is 0.886. The van der Waals surface area contributed by atoms with Crippen molar-refractivity contribution in [1.82, 2.24) is 19.9 Å². The summed E-state index contributed by atoms with van der Waals surface area (Å²) in [6.07, 6.45) is -1.56. The first-order valence-corrected chi connectivity index (χ1v) is 12.7. The number of nitrogens with zero attached hydrogens (tertiary/aromatic N) is 6. The van der Waals surface area contributed by atoms with Gasteiger partial charge in [-0.15, -0.1) is 0 Å². The monoisotopic (exact) mass is 527 g/mol. The largest absolute Gasteiger partial charge is 0.421 e. The van der Waals surface area contributed by atoms with Crippen molar-refractivity contribution in [1.29, 1.82) is 0 Å². The van der Waals surface area contributed by atoms with E-state index in [0.29, 0.717) is 18.3 Å². The second-order valence-corrected chi connectivity index (χ2v) is 9.54. The van der Waals surface area contributed by atoms with E-state index in [-0.39, 0.29) is 18.4 Å². The average Bonchev–Trinajstić information content (AvgIpc) is 3.39. The summed E-state index contributed by atoms with van der Waals surface area (Å²) in [6, 6.07) is 13.2. The van der Waals surface area contributed by atoms with Crippen LogP contribution >= 0.6 is 0 Å². The normalized spacial score (nSPS) is 21.0. The van der Waals surface area contributed by atoms with Crippen LogP contribution in [0.25, 0.3) is 0 Å². The lowest BCUT2D eigenvalue weighted by molar-refractivity contribution is -0.138. The Balaban J connectivity index is 1.19. The van der Waals surface area contributed by atoms with E-state index in [2.05, 4.69) is 30.1 Å². The van der Waals surface area contributed by atoms with Crippen LogP contribution in [-0.4, -0.2) is 71.9 Å². The highest BCUT2D eigenvalue weighted by Gasteiger charge is 2.40. The van der Waals surface area contributed by atoms with E-state index >= 15 is 0 Å². The van der Waals surface area contributed by atoms with E-state index in [9.17, 15) is 13.2 Å². The smallest absolute Gasteiger partial charge is 0.378 e. The number of benzene rings is 1. The lowest BCUT2D eigenvalue weighted by Crippen LogP contribution is -2.56. The first-order valence-electron chi connectivity index (χ1n) is 12.7. The number of nitrogens with one attached hydrogen (secondary N) is 1. The molecule has 3 aliphatic heterocycles. The minimum atomic E-state index is -4.64. The maximum absolute atomic E-state index is 13.9. The summed E-state index contributed by atoms with van der Waals surface area (Å²) in [6.45, 7) is 5.65. The zero-order valence-electron chi connectivity index (χ0n) is 20.6. The molecule has 0 spiro atoms. The second kappa shape index (κ2) is 10.4. The molecule has 3 fully saturated rings. The molecule has 0 aliphatic carbocycles. The van der Waals surface area contributed by atoms with Crippen LogP contribution in [0.5, 0.6) is 0 Å². The van der Waals surface area contributed by atoms with Crippen LogP contribution in [0.4, 0.5) is 36.4 Å². The van der Waals surface area contributed by atoms with E-state index in [1.807, 2.05) is 36.4 Å². The molecule has 1 aromatic carbocycles. The number of anilines is 4. The molecule has 3 aromatic rings. The molecule has 6 rings (SSSR count). The van der Waals surface area contributed by atoms with E-state index in [4.69, 9.17) is 9.57 Å². The van der Waals surface area contributed by atoms with Crippen molar-refractivity contribution >= 4 is 23.3 Å². The minimum absolute atomic E-state index is 0.00638. The molecule has 0 saturated carbocycles. The van der Waals surface area contributed by atoms with Crippen LogP contribution in [0, 0.1) is 0 Å².